The van der Waals surface area contributed by atoms with E-state index in [1.807, 2.05) is 0 Å². The van der Waals surface area contributed by atoms with Crippen molar-refractivity contribution in [3.8, 4) is 23.3 Å². The maximum absolute atomic E-state index is 14.8. The Morgan fingerprint density at radius 2 is 1.88 bits per heavy atom. The smallest absolute Gasteiger partial charge is 0.324 e. The first-order valence-corrected chi connectivity index (χ1v) is 13.8. The fourth-order valence-electron chi connectivity index (χ4n) is 4.05. The molecule has 3 aromatic carbocycles. The molecule has 202 valence electrons. The number of fused-ring (bicyclic) bond motifs is 1. The highest BCUT2D eigenvalue weighted by molar-refractivity contribution is 7.54. The molecule has 0 bridgehead atoms. The van der Waals surface area contributed by atoms with Crippen LogP contribution < -0.4 is 5.32 Å². The van der Waals surface area contributed by atoms with Gasteiger partial charge < -0.3 is 14.4 Å². The Labute approximate surface area is 228 Å². The number of para-hydroxylation sites is 1. The summed E-state index contributed by atoms with van der Waals surface area (Å²) in [5, 5.41) is 21.9. The lowest BCUT2D eigenvalue weighted by Crippen LogP contribution is -2.06. The normalized spacial score (nSPS) is 12.3. The first kappa shape index (κ1) is 28.5. The minimum absolute atomic E-state index is 0.0550. The number of nitrogens with one attached hydrogen (secondary N) is 1. The first-order valence-electron chi connectivity index (χ1n) is 12.1. The average molecular weight is 561 g/mol. The van der Waals surface area contributed by atoms with Crippen LogP contribution in [0.15, 0.2) is 54.7 Å². The maximum atomic E-state index is 14.8. The predicted molar refractivity (Wildman–Crippen MR) is 144 cm³/mol. The monoisotopic (exact) mass is 561 g/mol. The van der Waals surface area contributed by atoms with Crippen molar-refractivity contribution in [2.24, 2.45) is 0 Å². The zero-order chi connectivity index (χ0) is 28.7. The summed E-state index contributed by atoms with van der Waals surface area (Å²) in [4.78, 5) is 19.8. The van der Waals surface area contributed by atoms with Gasteiger partial charge in [-0.3, -0.25) is 9.36 Å². The molecule has 4 aromatic rings. The van der Waals surface area contributed by atoms with Gasteiger partial charge in [0, 0.05) is 28.4 Å². The minimum Gasteiger partial charge on any atom is -0.324 e. The molecule has 1 N–H and O–H groups in total. The topological polar surface area (TPSA) is 138 Å². The fraction of sp³-hybridized carbons (Fsp3) is 0.179. The van der Waals surface area contributed by atoms with Gasteiger partial charge in [-0.25, -0.2) is 18.7 Å². The van der Waals surface area contributed by atoms with Gasteiger partial charge >= 0.3 is 7.60 Å². The van der Waals surface area contributed by atoms with Crippen LogP contribution in [0.1, 0.15) is 28.4 Å². The highest BCUT2D eigenvalue weighted by atomic mass is 31.2. The Bertz CT molecular complexity index is 1690. The van der Waals surface area contributed by atoms with Crippen LogP contribution in [0.5, 0.6) is 0 Å². The van der Waals surface area contributed by atoms with E-state index in [2.05, 4.69) is 21.4 Å². The van der Waals surface area contributed by atoms with Crippen LogP contribution in [-0.4, -0.2) is 35.6 Å². The Hall–Kier alpha value is -4.54. The van der Waals surface area contributed by atoms with Crippen LogP contribution in [0.3, 0.4) is 0 Å². The van der Waals surface area contributed by atoms with E-state index in [0.29, 0.717) is 28.5 Å². The third-order valence-electron chi connectivity index (χ3n) is 5.81. The highest BCUT2D eigenvalue weighted by Gasteiger charge is 2.24. The standard InChI is InChI=1S/C28H22F2N5O4P/c1-2-38-40(37,11-9-31)39-10-8-20-12-18(15-32)6-7-25(20)34-28-33-16-21-4-3-5-22(27(21)35-28)26-23(29)13-19(17-36)14-24(26)30/h3-7,12-14,16-17H,2,8,10-11H2,1H3,(H,33,34,35). The van der Waals surface area contributed by atoms with Crippen LogP contribution in [0.4, 0.5) is 20.4 Å². The van der Waals surface area contributed by atoms with Gasteiger partial charge in [0.1, 0.15) is 24.1 Å². The van der Waals surface area contributed by atoms with E-state index >= 15 is 0 Å². The molecule has 0 fully saturated rings. The van der Waals surface area contributed by atoms with Crippen molar-refractivity contribution < 1.29 is 27.2 Å². The van der Waals surface area contributed by atoms with E-state index in [9.17, 15) is 23.4 Å². The van der Waals surface area contributed by atoms with Crippen LogP contribution >= 0.6 is 7.60 Å². The van der Waals surface area contributed by atoms with E-state index in [1.165, 1.54) is 12.3 Å². The number of hydrogen-bond acceptors (Lipinski definition) is 9. The molecule has 9 nitrogen and oxygen atoms in total. The Kier molecular flexibility index (Phi) is 8.93. The second-order valence-electron chi connectivity index (χ2n) is 8.45. The van der Waals surface area contributed by atoms with Gasteiger partial charge in [-0.1, -0.05) is 18.2 Å². The minimum atomic E-state index is -3.58. The fourth-order valence-corrected chi connectivity index (χ4v) is 5.25. The molecule has 40 heavy (non-hydrogen) atoms. The molecule has 0 aliphatic rings. The number of benzene rings is 3. The van der Waals surface area contributed by atoms with Gasteiger partial charge in [-0.15, -0.1) is 0 Å². The lowest BCUT2D eigenvalue weighted by atomic mass is 10.00. The van der Waals surface area contributed by atoms with Gasteiger partial charge in [-0.2, -0.15) is 10.5 Å². The van der Waals surface area contributed by atoms with Crippen LogP contribution in [-0.2, 0) is 20.0 Å². The van der Waals surface area contributed by atoms with Gasteiger partial charge in [-0.05, 0) is 49.2 Å². The molecule has 4 rings (SSSR count). The number of anilines is 2. The van der Waals surface area contributed by atoms with Crippen molar-refractivity contribution >= 4 is 36.4 Å². The maximum Gasteiger partial charge on any atom is 0.344 e. The number of rotatable bonds is 11. The molecular weight excluding hydrogens is 539 g/mol. The zero-order valence-electron chi connectivity index (χ0n) is 21.2. The third-order valence-corrected chi connectivity index (χ3v) is 7.57. The number of halogens is 2. The number of aromatic nitrogens is 2. The van der Waals surface area contributed by atoms with Crippen molar-refractivity contribution in [1.29, 1.82) is 10.5 Å². The van der Waals surface area contributed by atoms with Gasteiger partial charge in [0.05, 0.1) is 42.0 Å². The number of nitrogens with zero attached hydrogens (tertiary/aromatic N) is 4. The van der Waals surface area contributed by atoms with Crippen LogP contribution in [0.2, 0.25) is 0 Å². The van der Waals surface area contributed by atoms with Crippen LogP contribution in [0.25, 0.3) is 22.0 Å². The Balaban J connectivity index is 1.67. The van der Waals surface area contributed by atoms with Crippen molar-refractivity contribution in [2.75, 3.05) is 24.7 Å². The third kappa shape index (κ3) is 6.36. The second kappa shape index (κ2) is 12.5. The lowest BCUT2D eigenvalue weighted by molar-refractivity contribution is 0.112. The van der Waals surface area contributed by atoms with E-state index in [0.717, 1.165) is 12.1 Å². The summed E-state index contributed by atoms with van der Waals surface area (Å²) in [6.07, 6.45) is 1.67. The summed E-state index contributed by atoms with van der Waals surface area (Å²) in [5.41, 5.74) is 1.48. The molecule has 1 atom stereocenters. The molecule has 0 aliphatic carbocycles. The molecule has 1 heterocycles. The molecule has 12 heteroatoms. The summed E-state index contributed by atoms with van der Waals surface area (Å²) in [7, 11) is -3.58. The number of carbonyl (C=O) groups is 1. The molecule has 0 aliphatic heterocycles. The lowest BCUT2D eigenvalue weighted by Gasteiger charge is -2.16. The molecule has 0 amide bonds. The van der Waals surface area contributed by atoms with Crippen molar-refractivity contribution in [2.45, 2.75) is 13.3 Å². The van der Waals surface area contributed by atoms with Gasteiger partial charge in [0.15, 0.2) is 0 Å². The van der Waals surface area contributed by atoms with Crippen molar-refractivity contribution in [1.82, 2.24) is 9.97 Å². The van der Waals surface area contributed by atoms with Crippen molar-refractivity contribution in [3.05, 3.63) is 83.1 Å². The number of nitriles is 2. The molecular formula is C28H22F2N5O4P. The Morgan fingerprint density at radius 1 is 1.10 bits per heavy atom. The number of hydrogen-bond donors (Lipinski definition) is 1. The second-order valence-corrected chi connectivity index (χ2v) is 10.5. The molecule has 0 saturated carbocycles. The number of aldehydes is 1. The summed E-state index contributed by atoms with van der Waals surface area (Å²) in [6, 6.07) is 15.4. The predicted octanol–water partition coefficient (Wildman–Crippen LogP) is 6.32. The SMILES string of the molecule is CCOP(=O)(CC#N)OCCc1cc(C#N)ccc1Nc1ncc2cccc(-c3c(F)cc(C=O)cc3F)c2n1. The Morgan fingerprint density at radius 3 is 2.55 bits per heavy atom. The summed E-state index contributed by atoms with van der Waals surface area (Å²) in [5.74, 6) is -1.70. The first-order chi connectivity index (χ1) is 19.3. The van der Waals surface area contributed by atoms with E-state index in [4.69, 9.17) is 14.3 Å². The molecule has 1 aromatic heterocycles. The van der Waals surface area contributed by atoms with Crippen LogP contribution in [0, 0.1) is 34.3 Å². The van der Waals surface area contributed by atoms with E-state index in [1.54, 1.807) is 43.3 Å². The molecule has 0 saturated heterocycles. The number of carbonyl (C=O) groups excluding carboxylic acids is 1. The van der Waals surface area contributed by atoms with E-state index in [-0.39, 0.29) is 47.8 Å². The summed E-state index contributed by atoms with van der Waals surface area (Å²) >= 11 is 0. The zero-order valence-corrected chi connectivity index (χ0v) is 22.1. The quantitative estimate of drug-likeness (QED) is 0.165. The average Bonchev–Trinajstić information content (AvgIpc) is 2.93. The summed E-state index contributed by atoms with van der Waals surface area (Å²) < 4.78 is 52.9. The van der Waals surface area contributed by atoms with Gasteiger partial charge in [0.25, 0.3) is 0 Å². The van der Waals surface area contributed by atoms with Gasteiger partial charge in [0.2, 0.25) is 5.95 Å². The molecule has 0 spiro atoms. The molecule has 0 radical (unpaired) electrons. The summed E-state index contributed by atoms with van der Waals surface area (Å²) in [6.45, 7) is 1.70. The van der Waals surface area contributed by atoms with Crippen molar-refractivity contribution in [3.63, 3.8) is 0 Å². The van der Waals surface area contributed by atoms with E-state index < -0.39 is 25.4 Å². The molecule has 1 unspecified atom stereocenters. The highest BCUT2D eigenvalue weighted by Crippen LogP contribution is 2.47. The largest absolute Gasteiger partial charge is 0.344 e.